The van der Waals surface area contributed by atoms with Crippen LogP contribution in [-0.4, -0.2) is 36.1 Å². The molecule has 0 saturated carbocycles. The van der Waals surface area contributed by atoms with E-state index in [1.165, 1.54) is 6.07 Å². The van der Waals surface area contributed by atoms with Gasteiger partial charge in [0.2, 0.25) is 11.4 Å². The zero-order chi connectivity index (χ0) is 15.7. The van der Waals surface area contributed by atoms with Crippen LogP contribution in [0.5, 0.6) is 0 Å². The van der Waals surface area contributed by atoms with E-state index in [0.717, 1.165) is 0 Å². The molecule has 0 radical (unpaired) electrons. The number of benzene rings is 1. The summed E-state index contributed by atoms with van der Waals surface area (Å²) in [5.74, 6) is 0.0926. The third kappa shape index (κ3) is 2.39. The lowest BCUT2D eigenvalue weighted by molar-refractivity contribution is -0.0467. The largest absolute Gasteiger partial charge is 0.393 e. The first-order chi connectivity index (χ1) is 10.7. The maximum absolute atomic E-state index is 14.1. The van der Waals surface area contributed by atoms with Crippen LogP contribution in [0.15, 0.2) is 10.6 Å². The number of aliphatic hydroxyl groups is 1. The molecule has 2 heterocycles. The first kappa shape index (κ1) is 14.7. The average Bonchev–Trinajstić information content (AvgIpc) is 3.18. The molecule has 2 N–H and O–H groups in total. The number of nitrogens with zero attached hydrogens (tertiary/aromatic N) is 1. The van der Waals surface area contributed by atoms with Crippen molar-refractivity contribution in [2.45, 2.75) is 12.3 Å². The molecule has 1 aliphatic rings. The van der Waals surface area contributed by atoms with E-state index in [4.69, 9.17) is 25.5 Å². The van der Waals surface area contributed by atoms with Crippen LogP contribution in [0.25, 0.3) is 11.0 Å². The van der Waals surface area contributed by atoms with E-state index in [2.05, 4.69) is 16.4 Å². The third-order valence-corrected chi connectivity index (χ3v) is 3.24. The minimum Gasteiger partial charge on any atom is -0.393 e. The summed E-state index contributed by atoms with van der Waals surface area (Å²) >= 11 is 0. The van der Waals surface area contributed by atoms with Gasteiger partial charge >= 0.3 is 0 Å². The van der Waals surface area contributed by atoms with Gasteiger partial charge in [-0.3, -0.25) is 0 Å². The Kier molecular flexibility index (Phi) is 3.94. The molecule has 0 amide bonds. The number of terminal acetylenes is 1. The van der Waals surface area contributed by atoms with Crippen LogP contribution in [0, 0.1) is 24.0 Å². The fourth-order valence-corrected chi connectivity index (χ4v) is 2.15. The van der Waals surface area contributed by atoms with Gasteiger partial charge in [-0.15, -0.1) is 6.42 Å². The van der Waals surface area contributed by atoms with E-state index in [1.807, 2.05) is 0 Å². The highest BCUT2D eigenvalue weighted by molar-refractivity contribution is 5.89. The summed E-state index contributed by atoms with van der Waals surface area (Å²) < 4.78 is 43.4. The Morgan fingerprint density at radius 1 is 1.41 bits per heavy atom. The molecular weight excluding hydrogens is 298 g/mol. The zero-order valence-corrected chi connectivity index (χ0v) is 11.3. The van der Waals surface area contributed by atoms with Crippen LogP contribution in [0.3, 0.4) is 0 Å². The summed E-state index contributed by atoms with van der Waals surface area (Å²) in [5.41, 5.74) is -0.439. The Labute approximate surface area is 124 Å². The molecule has 1 saturated heterocycles. The minimum atomic E-state index is -1.19. The molecule has 1 fully saturated rings. The highest BCUT2D eigenvalue weighted by Crippen LogP contribution is 2.34. The summed E-state index contributed by atoms with van der Waals surface area (Å²) in [7, 11) is 0. The number of anilines is 1. The van der Waals surface area contributed by atoms with E-state index in [0.29, 0.717) is 13.2 Å². The van der Waals surface area contributed by atoms with Crippen LogP contribution in [0.4, 0.5) is 14.6 Å². The third-order valence-electron chi connectivity index (χ3n) is 3.24. The van der Waals surface area contributed by atoms with Crippen molar-refractivity contribution >= 4 is 16.8 Å². The van der Waals surface area contributed by atoms with Crippen LogP contribution < -0.4 is 5.32 Å². The van der Waals surface area contributed by atoms with Crippen LogP contribution in [0.1, 0.15) is 11.9 Å². The molecule has 2 aromatic rings. The molecule has 1 atom stereocenters. The van der Waals surface area contributed by atoms with E-state index in [1.54, 1.807) is 0 Å². The van der Waals surface area contributed by atoms with E-state index >= 15 is 0 Å². The predicted octanol–water partition coefficient (Wildman–Crippen LogP) is 1.56. The molecule has 6 nitrogen and oxygen atoms in total. The maximum atomic E-state index is 14.1. The van der Waals surface area contributed by atoms with Gasteiger partial charge in [0.1, 0.15) is 6.04 Å². The fourth-order valence-electron chi connectivity index (χ4n) is 2.15. The molecule has 3 rings (SSSR count). The molecule has 8 heteroatoms. The van der Waals surface area contributed by atoms with Crippen molar-refractivity contribution in [3.05, 3.63) is 23.3 Å². The second-order valence-corrected chi connectivity index (χ2v) is 4.62. The Morgan fingerprint density at radius 2 is 2.14 bits per heavy atom. The summed E-state index contributed by atoms with van der Waals surface area (Å²) in [6.45, 7) is 0.237. The van der Waals surface area contributed by atoms with Crippen molar-refractivity contribution in [2.75, 3.05) is 25.1 Å². The highest BCUT2D eigenvalue weighted by Gasteiger charge is 2.28. The Bertz CT molecular complexity index is 734. The number of nitrogens with one attached hydrogen (secondary N) is 1. The quantitative estimate of drug-likeness (QED) is 0.835. The molecule has 0 unspecified atom stereocenters. The van der Waals surface area contributed by atoms with E-state index in [-0.39, 0.29) is 29.0 Å². The minimum absolute atomic E-state index is 0.0880. The van der Waals surface area contributed by atoms with Gasteiger partial charge < -0.3 is 24.4 Å². The van der Waals surface area contributed by atoms with Gasteiger partial charge in [0.25, 0.3) is 0 Å². The lowest BCUT2D eigenvalue weighted by Gasteiger charge is -2.12. The second-order valence-electron chi connectivity index (χ2n) is 4.62. The summed E-state index contributed by atoms with van der Waals surface area (Å²) in [4.78, 5) is 0. The standard InChI is InChI=1S/C14H12F2N2O4/c1-2-7(6-19)17-13-9-5-8(14-20-3-4-21-14)10(15)11(16)12(9)22-18-13/h1,5,7,14,19H,3-4,6H2,(H,17,18)/t7-/m0/s1. The smallest absolute Gasteiger partial charge is 0.207 e. The molecule has 1 aliphatic heterocycles. The normalized spacial score (nSPS) is 16.8. The molecule has 1 aromatic carbocycles. The number of hydrogen-bond acceptors (Lipinski definition) is 6. The molecular formula is C14H12F2N2O4. The summed E-state index contributed by atoms with van der Waals surface area (Å²) in [6.07, 6.45) is 4.24. The molecule has 0 bridgehead atoms. The summed E-state index contributed by atoms with van der Waals surface area (Å²) in [5, 5.41) is 15.6. The van der Waals surface area contributed by atoms with Crippen molar-refractivity contribution in [1.29, 1.82) is 0 Å². The SMILES string of the molecule is C#C[C@@H](CO)Nc1noc2c(F)c(F)c(C3OCCO3)cc12. The fraction of sp³-hybridized carbons (Fsp3) is 0.357. The number of rotatable bonds is 4. The number of ether oxygens (including phenoxy) is 2. The number of fused-ring (bicyclic) bond motifs is 1. The second kappa shape index (κ2) is 5.88. The van der Waals surface area contributed by atoms with Crippen LogP contribution in [0.2, 0.25) is 0 Å². The highest BCUT2D eigenvalue weighted by atomic mass is 19.2. The average molecular weight is 310 g/mol. The Balaban J connectivity index is 2.07. The Morgan fingerprint density at radius 3 is 2.77 bits per heavy atom. The van der Waals surface area contributed by atoms with Crippen molar-refractivity contribution in [1.82, 2.24) is 5.16 Å². The lowest BCUT2D eigenvalue weighted by Crippen LogP contribution is -2.21. The summed E-state index contributed by atoms with van der Waals surface area (Å²) in [6, 6.07) is 0.594. The van der Waals surface area contributed by atoms with Gasteiger partial charge in [-0.2, -0.15) is 4.39 Å². The van der Waals surface area contributed by atoms with Crippen molar-refractivity contribution in [3.8, 4) is 12.3 Å². The zero-order valence-electron chi connectivity index (χ0n) is 11.3. The van der Waals surface area contributed by atoms with Gasteiger partial charge in [0, 0.05) is 5.56 Å². The van der Waals surface area contributed by atoms with Crippen molar-refractivity contribution < 1.29 is 27.9 Å². The topological polar surface area (TPSA) is 76.8 Å². The monoisotopic (exact) mass is 310 g/mol. The molecule has 116 valence electrons. The Hall–Kier alpha value is -2.21. The van der Waals surface area contributed by atoms with Gasteiger partial charge in [0.15, 0.2) is 17.9 Å². The first-order valence-corrected chi connectivity index (χ1v) is 6.49. The molecule has 22 heavy (non-hydrogen) atoms. The van der Waals surface area contributed by atoms with Crippen LogP contribution >= 0.6 is 0 Å². The van der Waals surface area contributed by atoms with E-state index < -0.39 is 24.0 Å². The van der Waals surface area contributed by atoms with Crippen molar-refractivity contribution in [2.24, 2.45) is 0 Å². The predicted molar refractivity (Wildman–Crippen MR) is 71.9 cm³/mol. The van der Waals surface area contributed by atoms with Gasteiger partial charge in [-0.25, -0.2) is 4.39 Å². The number of aromatic nitrogens is 1. The number of hydrogen-bond donors (Lipinski definition) is 2. The van der Waals surface area contributed by atoms with Gasteiger partial charge in [0.05, 0.1) is 25.2 Å². The maximum Gasteiger partial charge on any atom is 0.207 e. The lowest BCUT2D eigenvalue weighted by atomic mass is 10.1. The van der Waals surface area contributed by atoms with Gasteiger partial charge in [-0.1, -0.05) is 11.1 Å². The first-order valence-electron chi connectivity index (χ1n) is 6.49. The molecule has 0 aliphatic carbocycles. The number of aliphatic hydroxyl groups excluding tert-OH is 1. The van der Waals surface area contributed by atoms with Crippen LogP contribution in [-0.2, 0) is 9.47 Å². The van der Waals surface area contributed by atoms with Gasteiger partial charge in [-0.05, 0) is 6.07 Å². The molecule has 0 spiro atoms. The molecule has 1 aromatic heterocycles. The number of halogens is 2. The van der Waals surface area contributed by atoms with Crippen molar-refractivity contribution in [3.63, 3.8) is 0 Å². The van der Waals surface area contributed by atoms with E-state index in [9.17, 15) is 8.78 Å².